The number of halogens is 1. The molecule has 0 spiro atoms. The summed E-state index contributed by atoms with van der Waals surface area (Å²) in [7, 11) is 0. The zero-order valence-electron chi connectivity index (χ0n) is 26.4. The Morgan fingerprint density at radius 2 is 1.65 bits per heavy atom. The maximum absolute atomic E-state index is 14.0. The predicted molar refractivity (Wildman–Crippen MR) is 189 cm³/mol. The van der Waals surface area contributed by atoms with Gasteiger partial charge in [0.1, 0.15) is 0 Å². The Bertz CT molecular complexity index is 1900. The lowest BCUT2D eigenvalue weighted by molar-refractivity contribution is -0.139. The van der Waals surface area contributed by atoms with Crippen molar-refractivity contribution in [1.29, 1.82) is 0 Å². The molecule has 5 aromatic rings. The molecule has 4 aromatic carbocycles. The van der Waals surface area contributed by atoms with Gasteiger partial charge in [-0.15, -0.1) is 5.10 Å². The van der Waals surface area contributed by atoms with E-state index in [9.17, 15) is 19.8 Å². The molecule has 1 aromatic heterocycles. The first-order valence-electron chi connectivity index (χ1n) is 15.8. The highest BCUT2D eigenvalue weighted by Gasteiger charge is 2.52. The van der Waals surface area contributed by atoms with Gasteiger partial charge in [0.25, 0.3) is 5.91 Å². The SMILES string of the molecule is C[C@@H](/C=C/CCn1cc(C(CO)c2ccccc2)nn1)[C@]1(O)C(=O)N(Cc2ccc(N(C=O)c3ccccc3)cc2)c2ccc(Br)cc21. The van der Waals surface area contributed by atoms with Crippen LogP contribution < -0.4 is 9.80 Å². The number of benzene rings is 4. The molecule has 3 atom stereocenters. The van der Waals surface area contributed by atoms with Gasteiger partial charge in [-0.2, -0.15) is 0 Å². The van der Waals surface area contributed by atoms with E-state index in [0.29, 0.717) is 35.6 Å². The van der Waals surface area contributed by atoms with Crippen LogP contribution in [-0.2, 0) is 28.3 Å². The second-order valence-electron chi connectivity index (χ2n) is 11.9. The molecule has 0 saturated heterocycles. The zero-order chi connectivity index (χ0) is 33.7. The van der Waals surface area contributed by atoms with Crippen LogP contribution in [0.2, 0.25) is 0 Å². The van der Waals surface area contributed by atoms with Crippen LogP contribution in [0, 0.1) is 5.92 Å². The Labute approximate surface area is 287 Å². The Hall–Kier alpha value is -4.90. The van der Waals surface area contributed by atoms with Crippen molar-refractivity contribution in [2.24, 2.45) is 5.92 Å². The second-order valence-corrected chi connectivity index (χ2v) is 12.8. The van der Waals surface area contributed by atoms with Crippen LogP contribution in [0.3, 0.4) is 0 Å². The fourth-order valence-electron chi connectivity index (χ4n) is 6.16. The summed E-state index contributed by atoms with van der Waals surface area (Å²) in [5.74, 6) is -1.17. The minimum atomic E-state index is -1.76. The summed E-state index contributed by atoms with van der Waals surface area (Å²) >= 11 is 3.52. The van der Waals surface area contributed by atoms with E-state index in [1.165, 1.54) is 0 Å². The number of aliphatic hydroxyl groups excluding tert-OH is 1. The molecule has 2 amide bonds. The van der Waals surface area contributed by atoms with Gasteiger partial charge >= 0.3 is 0 Å². The van der Waals surface area contributed by atoms with E-state index in [-0.39, 0.29) is 19.1 Å². The zero-order valence-corrected chi connectivity index (χ0v) is 28.0. The highest BCUT2D eigenvalue weighted by atomic mass is 79.9. The van der Waals surface area contributed by atoms with E-state index < -0.39 is 17.4 Å². The number of aliphatic hydroxyl groups is 2. The third-order valence-corrected chi connectivity index (χ3v) is 9.33. The molecule has 0 fully saturated rings. The number of carbonyl (C=O) groups excluding carboxylic acids is 2. The van der Waals surface area contributed by atoms with E-state index in [2.05, 4.69) is 26.2 Å². The molecule has 1 aliphatic rings. The summed E-state index contributed by atoms with van der Waals surface area (Å²) in [6, 6.07) is 32.1. The molecule has 0 saturated carbocycles. The van der Waals surface area contributed by atoms with E-state index in [1.807, 2.05) is 128 Å². The van der Waals surface area contributed by atoms with Gasteiger partial charge in [0.05, 0.1) is 30.5 Å². The number of hydrogen-bond acceptors (Lipinski definition) is 6. The van der Waals surface area contributed by atoms with E-state index in [4.69, 9.17) is 0 Å². The molecule has 6 rings (SSSR count). The average Bonchev–Trinajstić information content (AvgIpc) is 3.66. The van der Waals surface area contributed by atoms with E-state index in [1.54, 1.807) is 14.5 Å². The van der Waals surface area contributed by atoms with E-state index in [0.717, 1.165) is 27.7 Å². The normalized spacial score (nSPS) is 17.0. The molecular weight excluding hydrogens is 670 g/mol. The molecule has 10 heteroatoms. The van der Waals surface area contributed by atoms with Gasteiger partial charge < -0.3 is 15.1 Å². The molecular formula is C38H36BrN5O4. The summed E-state index contributed by atoms with van der Waals surface area (Å²) < 4.78 is 2.50. The van der Waals surface area contributed by atoms with Crippen LogP contribution in [0.1, 0.15) is 41.6 Å². The van der Waals surface area contributed by atoms with Gasteiger partial charge in [0, 0.05) is 40.1 Å². The summed E-state index contributed by atoms with van der Waals surface area (Å²) in [6.45, 7) is 2.57. The minimum absolute atomic E-state index is 0.0698. The van der Waals surface area contributed by atoms with Gasteiger partial charge in [-0.1, -0.05) is 101 Å². The van der Waals surface area contributed by atoms with Gasteiger partial charge in [-0.25, -0.2) is 0 Å². The van der Waals surface area contributed by atoms with Crippen molar-refractivity contribution in [1.82, 2.24) is 15.0 Å². The van der Waals surface area contributed by atoms with Gasteiger partial charge in [0.15, 0.2) is 5.60 Å². The largest absolute Gasteiger partial charge is 0.395 e. The summed E-state index contributed by atoms with van der Waals surface area (Å²) in [6.07, 6.45) is 7.04. The van der Waals surface area contributed by atoms with Crippen molar-refractivity contribution in [2.45, 2.75) is 38.0 Å². The lowest BCUT2D eigenvalue weighted by atomic mass is 9.83. The number of aryl methyl sites for hydroxylation is 1. The molecule has 1 aliphatic heterocycles. The van der Waals surface area contributed by atoms with Crippen LogP contribution in [-0.4, -0.2) is 44.1 Å². The average molecular weight is 707 g/mol. The van der Waals surface area contributed by atoms with Crippen molar-refractivity contribution >= 4 is 45.3 Å². The van der Waals surface area contributed by atoms with E-state index >= 15 is 0 Å². The Morgan fingerprint density at radius 3 is 2.33 bits per heavy atom. The highest BCUT2D eigenvalue weighted by Crippen LogP contribution is 2.47. The molecule has 1 unspecified atom stereocenters. The number of aromatic nitrogens is 3. The number of carbonyl (C=O) groups is 2. The third kappa shape index (κ3) is 6.60. The fourth-order valence-corrected chi connectivity index (χ4v) is 6.53. The smallest absolute Gasteiger partial charge is 0.264 e. The summed E-state index contributed by atoms with van der Waals surface area (Å²) in [5, 5.41) is 30.6. The van der Waals surface area contributed by atoms with Crippen molar-refractivity contribution in [3.8, 4) is 0 Å². The van der Waals surface area contributed by atoms with Crippen LogP contribution in [0.4, 0.5) is 17.1 Å². The third-order valence-electron chi connectivity index (χ3n) is 8.83. The summed E-state index contributed by atoms with van der Waals surface area (Å²) in [4.78, 5) is 29.1. The summed E-state index contributed by atoms with van der Waals surface area (Å²) in [5.41, 5.74) is 3.42. The molecule has 2 N–H and O–H groups in total. The minimum Gasteiger partial charge on any atom is -0.395 e. The lowest BCUT2D eigenvalue weighted by Crippen LogP contribution is -2.44. The van der Waals surface area contributed by atoms with Crippen LogP contribution >= 0.6 is 15.9 Å². The Kier molecular flexibility index (Phi) is 9.95. The first kappa shape index (κ1) is 33.0. The number of amides is 2. The topological polar surface area (TPSA) is 112 Å². The first-order chi connectivity index (χ1) is 23.3. The predicted octanol–water partition coefficient (Wildman–Crippen LogP) is 6.48. The number of anilines is 3. The molecule has 48 heavy (non-hydrogen) atoms. The van der Waals surface area contributed by atoms with Gasteiger partial charge in [0.2, 0.25) is 6.41 Å². The van der Waals surface area contributed by atoms with Crippen LogP contribution in [0.25, 0.3) is 0 Å². The van der Waals surface area contributed by atoms with Crippen molar-refractivity contribution in [3.05, 3.63) is 148 Å². The number of nitrogens with zero attached hydrogens (tertiary/aromatic N) is 5. The second kappa shape index (κ2) is 14.5. The fraction of sp³-hybridized carbons (Fsp3) is 0.211. The monoisotopic (exact) mass is 705 g/mol. The van der Waals surface area contributed by atoms with Crippen LogP contribution in [0.5, 0.6) is 0 Å². The molecule has 0 bridgehead atoms. The molecule has 0 radical (unpaired) electrons. The molecule has 244 valence electrons. The Balaban J connectivity index is 1.15. The molecule has 2 heterocycles. The molecule has 9 nitrogen and oxygen atoms in total. The highest BCUT2D eigenvalue weighted by molar-refractivity contribution is 9.10. The Morgan fingerprint density at radius 1 is 0.958 bits per heavy atom. The number of allylic oxidation sites excluding steroid dienone is 1. The number of rotatable bonds is 13. The van der Waals surface area contributed by atoms with Crippen molar-refractivity contribution < 1.29 is 19.8 Å². The quantitative estimate of drug-likeness (QED) is 0.107. The lowest BCUT2D eigenvalue weighted by Gasteiger charge is -2.28. The number of para-hydroxylation sites is 1. The van der Waals surface area contributed by atoms with Gasteiger partial charge in [-0.3, -0.25) is 19.2 Å². The first-order valence-corrected chi connectivity index (χ1v) is 16.6. The van der Waals surface area contributed by atoms with Crippen molar-refractivity contribution in [3.63, 3.8) is 0 Å². The standard InChI is InChI=1S/C38H36BrN5O4/c1-27(10-8-9-21-42-24-35(40-41-42)33(25-45)29-11-4-2-5-12-29)38(48)34-22-30(39)17-20-36(34)43(37(38)47)23-28-15-18-32(19-16-28)44(26-46)31-13-6-3-7-14-31/h2-8,10-20,22,24,26-27,33,45,48H,9,21,23,25H2,1H3/b10-8+/t27-,33?,38+/m0/s1. The van der Waals surface area contributed by atoms with Gasteiger partial charge in [-0.05, 0) is 60.0 Å². The maximum atomic E-state index is 14.0. The van der Waals surface area contributed by atoms with Crippen LogP contribution in [0.15, 0.2) is 126 Å². The number of fused-ring (bicyclic) bond motifs is 1. The maximum Gasteiger partial charge on any atom is 0.264 e. The van der Waals surface area contributed by atoms with Crippen molar-refractivity contribution in [2.75, 3.05) is 16.4 Å². The number of hydrogen-bond donors (Lipinski definition) is 2. The molecule has 0 aliphatic carbocycles.